The van der Waals surface area contributed by atoms with Crippen LogP contribution in [0.2, 0.25) is 0 Å². The fourth-order valence-electron chi connectivity index (χ4n) is 4.55. The summed E-state index contributed by atoms with van der Waals surface area (Å²) >= 11 is 0. The highest BCUT2D eigenvalue weighted by Crippen LogP contribution is 2.29. The fourth-order valence-corrected chi connectivity index (χ4v) is 4.55. The number of nitrogens with one attached hydrogen (secondary N) is 1. The molecule has 2 aromatic heterocycles. The average Bonchev–Trinajstić information content (AvgIpc) is 3.42. The Morgan fingerprint density at radius 3 is 2.93 bits per heavy atom. The summed E-state index contributed by atoms with van der Waals surface area (Å²) in [5.74, 6) is 0.524. The van der Waals surface area contributed by atoms with Gasteiger partial charge < -0.3 is 19.2 Å². The van der Waals surface area contributed by atoms with Gasteiger partial charge in [-0.15, -0.1) is 0 Å². The lowest BCUT2D eigenvalue weighted by Gasteiger charge is -2.34. The first-order valence-electron chi connectivity index (χ1n) is 10.4. The van der Waals surface area contributed by atoms with E-state index in [2.05, 4.69) is 46.1 Å². The van der Waals surface area contributed by atoms with Crippen LogP contribution >= 0.6 is 0 Å². The summed E-state index contributed by atoms with van der Waals surface area (Å²) in [6, 6.07) is 6.63. The van der Waals surface area contributed by atoms with Crippen molar-refractivity contribution in [3.63, 3.8) is 0 Å². The molecule has 4 heterocycles. The van der Waals surface area contributed by atoms with Crippen molar-refractivity contribution in [2.24, 2.45) is 0 Å². The standard InChI is InChI=1S/C22H29N5O2/c1-15-16(2)27(13-18-6-5-11-29-18)22(19(15)12-23)24-21(28)14-26-10-9-25-8-4-7-20(25)17(26)3/h4,7-8,17-18H,5-6,9-11,13-14H2,1-3H3,(H,24,28)/t17-,18+/m1/s1. The number of fused-ring (bicyclic) bond motifs is 1. The fraction of sp³-hybridized carbons (Fsp3) is 0.545. The third kappa shape index (κ3) is 3.70. The van der Waals surface area contributed by atoms with Gasteiger partial charge in [0.25, 0.3) is 0 Å². The maximum absolute atomic E-state index is 12.9. The van der Waals surface area contributed by atoms with Crippen LogP contribution in [0.15, 0.2) is 18.3 Å². The minimum Gasteiger partial charge on any atom is -0.376 e. The van der Waals surface area contributed by atoms with Gasteiger partial charge in [0, 0.05) is 43.3 Å². The second-order valence-corrected chi connectivity index (χ2v) is 8.11. The van der Waals surface area contributed by atoms with Gasteiger partial charge in [0.15, 0.2) is 0 Å². The summed E-state index contributed by atoms with van der Waals surface area (Å²) < 4.78 is 10.1. The number of rotatable bonds is 5. The lowest BCUT2D eigenvalue weighted by Crippen LogP contribution is -2.41. The first-order valence-corrected chi connectivity index (χ1v) is 10.4. The molecule has 7 heteroatoms. The minimum absolute atomic E-state index is 0.0838. The van der Waals surface area contributed by atoms with Crippen molar-refractivity contribution in [2.45, 2.75) is 58.8 Å². The molecule has 2 aliphatic rings. The Balaban J connectivity index is 1.52. The molecule has 154 valence electrons. The zero-order chi connectivity index (χ0) is 20.5. The Kier molecular flexibility index (Phi) is 5.48. The molecule has 0 spiro atoms. The SMILES string of the molecule is Cc1c(C#N)c(NC(=O)CN2CCn3cccc3[C@H]2C)n(C[C@@H]2CCCO2)c1C. The van der Waals surface area contributed by atoms with E-state index in [0.717, 1.165) is 43.8 Å². The summed E-state index contributed by atoms with van der Waals surface area (Å²) in [6.07, 6.45) is 4.30. The molecule has 0 unspecified atom stereocenters. The third-order valence-corrected chi connectivity index (χ3v) is 6.42. The van der Waals surface area contributed by atoms with E-state index >= 15 is 0 Å². The van der Waals surface area contributed by atoms with Crippen LogP contribution in [0.5, 0.6) is 0 Å². The van der Waals surface area contributed by atoms with Crippen LogP contribution in [0.1, 0.15) is 48.3 Å². The van der Waals surface area contributed by atoms with Crippen LogP contribution in [-0.4, -0.2) is 45.7 Å². The molecule has 1 saturated heterocycles. The number of hydrogen-bond donors (Lipinski definition) is 1. The van der Waals surface area contributed by atoms with E-state index in [9.17, 15) is 10.1 Å². The molecule has 0 radical (unpaired) electrons. The Morgan fingerprint density at radius 2 is 2.21 bits per heavy atom. The molecule has 0 aromatic carbocycles. The van der Waals surface area contributed by atoms with E-state index in [4.69, 9.17) is 4.74 Å². The van der Waals surface area contributed by atoms with E-state index < -0.39 is 0 Å². The quantitative estimate of drug-likeness (QED) is 0.845. The van der Waals surface area contributed by atoms with Crippen LogP contribution in [0.25, 0.3) is 0 Å². The largest absolute Gasteiger partial charge is 0.376 e. The average molecular weight is 396 g/mol. The van der Waals surface area contributed by atoms with E-state index in [0.29, 0.717) is 24.5 Å². The highest BCUT2D eigenvalue weighted by atomic mass is 16.5. The molecule has 29 heavy (non-hydrogen) atoms. The Bertz CT molecular complexity index is 945. The van der Waals surface area contributed by atoms with Gasteiger partial charge in [0.1, 0.15) is 11.9 Å². The predicted octanol–water partition coefficient (Wildman–Crippen LogP) is 2.97. The van der Waals surface area contributed by atoms with Crippen molar-refractivity contribution >= 4 is 11.7 Å². The van der Waals surface area contributed by atoms with Crippen molar-refractivity contribution in [1.82, 2.24) is 14.0 Å². The van der Waals surface area contributed by atoms with Crippen molar-refractivity contribution in [3.05, 3.63) is 40.8 Å². The van der Waals surface area contributed by atoms with Crippen molar-refractivity contribution in [2.75, 3.05) is 25.0 Å². The van der Waals surface area contributed by atoms with Gasteiger partial charge in [-0.05, 0) is 51.3 Å². The van der Waals surface area contributed by atoms with Gasteiger partial charge in [-0.1, -0.05) is 0 Å². The molecule has 1 fully saturated rings. The first-order chi connectivity index (χ1) is 14.0. The molecule has 1 N–H and O–H groups in total. The molecular weight excluding hydrogens is 366 g/mol. The van der Waals surface area contributed by atoms with Crippen molar-refractivity contribution in [1.29, 1.82) is 5.26 Å². The summed E-state index contributed by atoms with van der Waals surface area (Å²) in [7, 11) is 0. The first kappa shape index (κ1) is 19.7. The monoisotopic (exact) mass is 395 g/mol. The molecular formula is C22H29N5O2. The Hall–Kier alpha value is -2.56. The molecule has 7 nitrogen and oxygen atoms in total. The normalized spacial score (nSPS) is 21.7. The second-order valence-electron chi connectivity index (χ2n) is 8.11. The number of carbonyl (C=O) groups excluding carboxylic acids is 1. The Morgan fingerprint density at radius 1 is 1.38 bits per heavy atom. The summed E-state index contributed by atoms with van der Waals surface area (Å²) in [4.78, 5) is 15.1. The molecule has 0 bridgehead atoms. The van der Waals surface area contributed by atoms with Crippen LogP contribution in [0.3, 0.4) is 0 Å². The van der Waals surface area contributed by atoms with Crippen LogP contribution in [0, 0.1) is 25.2 Å². The molecule has 2 aliphatic heterocycles. The van der Waals surface area contributed by atoms with E-state index in [-0.39, 0.29) is 18.1 Å². The summed E-state index contributed by atoms with van der Waals surface area (Å²) in [6.45, 7) is 9.54. The topological polar surface area (TPSA) is 75.2 Å². The molecule has 0 saturated carbocycles. The van der Waals surface area contributed by atoms with E-state index in [1.165, 1.54) is 5.69 Å². The maximum Gasteiger partial charge on any atom is 0.239 e. The lowest BCUT2D eigenvalue weighted by molar-refractivity contribution is -0.118. The number of nitrogens with zero attached hydrogens (tertiary/aromatic N) is 4. The number of amides is 1. The van der Waals surface area contributed by atoms with Crippen LogP contribution in [-0.2, 0) is 22.6 Å². The minimum atomic E-state index is -0.0838. The summed E-state index contributed by atoms with van der Waals surface area (Å²) in [5.41, 5.74) is 3.71. The van der Waals surface area contributed by atoms with Gasteiger partial charge in [-0.3, -0.25) is 9.69 Å². The maximum atomic E-state index is 12.9. The molecule has 4 rings (SSSR count). The van der Waals surface area contributed by atoms with Gasteiger partial charge >= 0.3 is 0 Å². The molecule has 2 aromatic rings. The van der Waals surface area contributed by atoms with Crippen LogP contribution < -0.4 is 5.32 Å². The smallest absolute Gasteiger partial charge is 0.239 e. The number of nitriles is 1. The van der Waals surface area contributed by atoms with E-state index in [1.54, 1.807) is 0 Å². The highest BCUT2D eigenvalue weighted by molar-refractivity contribution is 5.93. The predicted molar refractivity (Wildman–Crippen MR) is 111 cm³/mol. The Labute approximate surface area is 171 Å². The lowest BCUT2D eigenvalue weighted by atomic mass is 10.1. The van der Waals surface area contributed by atoms with Crippen molar-refractivity contribution in [3.8, 4) is 6.07 Å². The highest BCUT2D eigenvalue weighted by Gasteiger charge is 2.27. The van der Waals surface area contributed by atoms with Gasteiger partial charge in [0.2, 0.25) is 5.91 Å². The number of hydrogen-bond acceptors (Lipinski definition) is 4. The second kappa shape index (κ2) is 8.05. The van der Waals surface area contributed by atoms with Gasteiger partial charge in [-0.25, -0.2) is 0 Å². The van der Waals surface area contributed by atoms with E-state index in [1.807, 2.05) is 18.4 Å². The zero-order valence-corrected chi connectivity index (χ0v) is 17.4. The van der Waals surface area contributed by atoms with Crippen LogP contribution in [0.4, 0.5) is 5.82 Å². The zero-order valence-electron chi connectivity index (χ0n) is 17.4. The number of carbonyl (C=O) groups is 1. The van der Waals surface area contributed by atoms with Gasteiger partial charge in [0.05, 0.1) is 24.8 Å². The van der Waals surface area contributed by atoms with Crippen molar-refractivity contribution < 1.29 is 9.53 Å². The third-order valence-electron chi connectivity index (χ3n) is 6.42. The van der Waals surface area contributed by atoms with Gasteiger partial charge in [-0.2, -0.15) is 5.26 Å². The number of ether oxygens (including phenoxy) is 1. The number of anilines is 1. The number of aromatic nitrogens is 2. The molecule has 1 amide bonds. The molecule has 0 aliphatic carbocycles. The molecule has 2 atom stereocenters. The summed E-state index contributed by atoms with van der Waals surface area (Å²) in [5, 5.41) is 12.7.